The van der Waals surface area contributed by atoms with Crippen molar-refractivity contribution in [1.82, 2.24) is 0 Å². The van der Waals surface area contributed by atoms with E-state index >= 15 is 0 Å². The molecular formula is C11H14F3N. The lowest BCUT2D eigenvalue weighted by Gasteiger charge is -2.21. The fraction of sp³-hybridized carbons (Fsp3) is 0.455. The molecule has 0 aromatic heterocycles. The maximum atomic E-state index is 12.1. The normalized spacial score (nSPS) is 16.1. The molecule has 1 nitrogen and oxygen atoms in total. The van der Waals surface area contributed by atoms with E-state index in [4.69, 9.17) is 5.73 Å². The molecule has 0 amide bonds. The first-order valence-electron chi connectivity index (χ1n) is 4.77. The van der Waals surface area contributed by atoms with E-state index in [2.05, 4.69) is 0 Å². The summed E-state index contributed by atoms with van der Waals surface area (Å²) < 4.78 is 36.4. The van der Waals surface area contributed by atoms with Gasteiger partial charge < -0.3 is 5.73 Å². The average Bonchev–Trinajstić information content (AvgIpc) is 2.15. The molecule has 0 radical (unpaired) electrons. The third kappa shape index (κ3) is 3.91. The predicted octanol–water partition coefficient (Wildman–Crippen LogP) is 3.27. The van der Waals surface area contributed by atoms with Crippen molar-refractivity contribution in [1.29, 1.82) is 0 Å². The molecule has 0 saturated heterocycles. The number of halogens is 3. The topological polar surface area (TPSA) is 26.0 Å². The van der Waals surface area contributed by atoms with Gasteiger partial charge in [0.25, 0.3) is 0 Å². The molecule has 0 heterocycles. The SMILES string of the molecule is CC(CC(F)(F)F)C(N)c1ccccc1. The van der Waals surface area contributed by atoms with Gasteiger partial charge in [-0.3, -0.25) is 0 Å². The maximum Gasteiger partial charge on any atom is 0.389 e. The fourth-order valence-electron chi connectivity index (χ4n) is 1.50. The van der Waals surface area contributed by atoms with Gasteiger partial charge in [0.05, 0.1) is 0 Å². The highest BCUT2D eigenvalue weighted by Crippen LogP contribution is 2.30. The minimum absolute atomic E-state index is 0.562. The van der Waals surface area contributed by atoms with Crippen molar-refractivity contribution >= 4 is 0 Å². The average molecular weight is 217 g/mol. The van der Waals surface area contributed by atoms with Crippen molar-refractivity contribution in [2.75, 3.05) is 0 Å². The van der Waals surface area contributed by atoms with Crippen LogP contribution < -0.4 is 5.73 Å². The Bertz CT molecular complexity index is 294. The van der Waals surface area contributed by atoms with E-state index in [0.29, 0.717) is 0 Å². The highest BCUT2D eigenvalue weighted by atomic mass is 19.4. The Balaban J connectivity index is 2.65. The van der Waals surface area contributed by atoms with Crippen LogP contribution >= 0.6 is 0 Å². The quantitative estimate of drug-likeness (QED) is 0.826. The zero-order chi connectivity index (χ0) is 11.5. The molecule has 0 aliphatic heterocycles. The van der Waals surface area contributed by atoms with Crippen LogP contribution in [0.5, 0.6) is 0 Å². The molecular weight excluding hydrogens is 203 g/mol. The maximum absolute atomic E-state index is 12.1. The number of alkyl halides is 3. The van der Waals surface area contributed by atoms with E-state index < -0.39 is 24.6 Å². The van der Waals surface area contributed by atoms with Crippen LogP contribution in [0.4, 0.5) is 13.2 Å². The van der Waals surface area contributed by atoms with Gasteiger partial charge in [-0.25, -0.2) is 0 Å². The second-order valence-corrected chi connectivity index (χ2v) is 3.73. The lowest BCUT2D eigenvalue weighted by molar-refractivity contribution is -0.144. The van der Waals surface area contributed by atoms with E-state index in [1.807, 2.05) is 6.07 Å². The van der Waals surface area contributed by atoms with Gasteiger partial charge in [-0.2, -0.15) is 13.2 Å². The predicted molar refractivity (Wildman–Crippen MR) is 53.2 cm³/mol. The van der Waals surface area contributed by atoms with Gasteiger partial charge in [0, 0.05) is 12.5 Å². The lowest BCUT2D eigenvalue weighted by Crippen LogP contribution is -2.24. The second-order valence-electron chi connectivity index (χ2n) is 3.73. The van der Waals surface area contributed by atoms with Crippen molar-refractivity contribution in [3.05, 3.63) is 35.9 Å². The molecule has 0 aliphatic rings. The molecule has 0 saturated carbocycles. The first-order valence-corrected chi connectivity index (χ1v) is 4.77. The molecule has 1 aromatic rings. The molecule has 15 heavy (non-hydrogen) atoms. The smallest absolute Gasteiger partial charge is 0.324 e. The van der Waals surface area contributed by atoms with Gasteiger partial charge in [0.15, 0.2) is 0 Å². The van der Waals surface area contributed by atoms with Gasteiger partial charge in [-0.15, -0.1) is 0 Å². The number of nitrogens with two attached hydrogens (primary N) is 1. The van der Waals surface area contributed by atoms with E-state index in [9.17, 15) is 13.2 Å². The number of hydrogen-bond acceptors (Lipinski definition) is 1. The summed E-state index contributed by atoms with van der Waals surface area (Å²) in [5.41, 5.74) is 6.49. The van der Waals surface area contributed by atoms with Crippen LogP contribution in [0.15, 0.2) is 30.3 Å². The standard InChI is InChI=1S/C11H14F3N/c1-8(7-11(12,13)14)10(15)9-5-3-2-4-6-9/h2-6,8,10H,7,15H2,1H3. The van der Waals surface area contributed by atoms with E-state index in [0.717, 1.165) is 5.56 Å². The summed E-state index contributed by atoms with van der Waals surface area (Å²) in [6.45, 7) is 1.52. The largest absolute Gasteiger partial charge is 0.389 e. The molecule has 2 N–H and O–H groups in total. The van der Waals surface area contributed by atoms with E-state index in [1.165, 1.54) is 6.92 Å². The second kappa shape index (κ2) is 4.66. The summed E-state index contributed by atoms with van der Waals surface area (Å²) in [4.78, 5) is 0. The monoisotopic (exact) mass is 217 g/mol. The van der Waals surface area contributed by atoms with Gasteiger partial charge in [-0.05, 0) is 11.5 Å². The zero-order valence-corrected chi connectivity index (χ0v) is 8.46. The van der Waals surface area contributed by atoms with Crippen molar-refractivity contribution in [3.8, 4) is 0 Å². The van der Waals surface area contributed by atoms with Crippen LogP contribution in [0.3, 0.4) is 0 Å². The summed E-state index contributed by atoms with van der Waals surface area (Å²) in [5, 5.41) is 0. The molecule has 1 aromatic carbocycles. The molecule has 2 atom stereocenters. The molecule has 0 fully saturated rings. The van der Waals surface area contributed by atoms with Crippen molar-refractivity contribution in [3.63, 3.8) is 0 Å². The Morgan fingerprint density at radius 1 is 1.20 bits per heavy atom. The Kier molecular flexibility index (Phi) is 3.74. The minimum Gasteiger partial charge on any atom is -0.324 e. The summed E-state index contributed by atoms with van der Waals surface area (Å²) in [5.74, 6) is -0.604. The van der Waals surface area contributed by atoms with Crippen LogP contribution in [-0.2, 0) is 0 Å². The van der Waals surface area contributed by atoms with Crippen LogP contribution in [0, 0.1) is 5.92 Å². The molecule has 1 rings (SSSR count). The molecule has 84 valence electrons. The van der Waals surface area contributed by atoms with E-state index in [1.54, 1.807) is 24.3 Å². The first-order chi connectivity index (χ1) is 6.90. The molecule has 0 aliphatic carbocycles. The highest BCUT2D eigenvalue weighted by Gasteiger charge is 2.32. The van der Waals surface area contributed by atoms with Gasteiger partial charge in [0.2, 0.25) is 0 Å². The van der Waals surface area contributed by atoms with Gasteiger partial charge in [0.1, 0.15) is 0 Å². The van der Waals surface area contributed by atoms with E-state index in [-0.39, 0.29) is 0 Å². The summed E-state index contributed by atoms with van der Waals surface area (Å²) in [6.07, 6.45) is -4.99. The highest BCUT2D eigenvalue weighted by molar-refractivity contribution is 5.18. The summed E-state index contributed by atoms with van der Waals surface area (Å²) >= 11 is 0. The Hall–Kier alpha value is -1.03. The zero-order valence-electron chi connectivity index (χ0n) is 8.46. The lowest BCUT2D eigenvalue weighted by atomic mass is 9.93. The minimum atomic E-state index is -4.15. The van der Waals surface area contributed by atoms with Crippen molar-refractivity contribution < 1.29 is 13.2 Å². The summed E-state index contributed by atoms with van der Waals surface area (Å²) in [6, 6.07) is 8.29. The Morgan fingerprint density at radius 3 is 2.20 bits per heavy atom. The molecule has 0 bridgehead atoms. The summed E-state index contributed by atoms with van der Waals surface area (Å²) in [7, 11) is 0. The van der Waals surface area contributed by atoms with Gasteiger partial charge >= 0.3 is 6.18 Å². The number of benzene rings is 1. The van der Waals surface area contributed by atoms with Gasteiger partial charge in [-0.1, -0.05) is 37.3 Å². The van der Waals surface area contributed by atoms with Crippen LogP contribution in [0.1, 0.15) is 24.9 Å². The third-order valence-corrected chi connectivity index (χ3v) is 2.35. The van der Waals surface area contributed by atoms with Crippen LogP contribution in [0.25, 0.3) is 0 Å². The third-order valence-electron chi connectivity index (χ3n) is 2.35. The Morgan fingerprint density at radius 2 is 1.73 bits per heavy atom. The van der Waals surface area contributed by atoms with Crippen LogP contribution in [-0.4, -0.2) is 6.18 Å². The molecule has 2 unspecified atom stereocenters. The Labute approximate surface area is 87.1 Å². The fourth-order valence-corrected chi connectivity index (χ4v) is 1.50. The number of rotatable bonds is 3. The van der Waals surface area contributed by atoms with Crippen LogP contribution in [0.2, 0.25) is 0 Å². The van der Waals surface area contributed by atoms with Crippen molar-refractivity contribution in [2.24, 2.45) is 11.7 Å². The first kappa shape index (κ1) is 12.0. The molecule has 4 heteroatoms. The molecule has 0 spiro atoms. The number of hydrogen-bond donors (Lipinski definition) is 1. The van der Waals surface area contributed by atoms with Crippen molar-refractivity contribution in [2.45, 2.75) is 25.6 Å².